The summed E-state index contributed by atoms with van der Waals surface area (Å²) in [6.45, 7) is 8.20. The van der Waals surface area contributed by atoms with Crippen molar-refractivity contribution in [3.63, 3.8) is 0 Å². The lowest BCUT2D eigenvalue weighted by Crippen LogP contribution is -2.49. The van der Waals surface area contributed by atoms with Crippen LogP contribution in [0.5, 0.6) is 5.75 Å². The van der Waals surface area contributed by atoms with Gasteiger partial charge in [-0.05, 0) is 50.5 Å². The van der Waals surface area contributed by atoms with Crippen LogP contribution in [0.25, 0.3) is 0 Å². The van der Waals surface area contributed by atoms with Gasteiger partial charge in [0.15, 0.2) is 0 Å². The summed E-state index contributed by atoms with van der Waals surface area (Å²) in [6, 6.07) is 15.0. The minimum atomic E-state index is -0.559. The van der Waals surface area contributed by atoms with E-state index in [4.69, 9.17) is 4.74 Å². The molecule has 0 radical (unpaired) electrons. The van der Waals surface area contributed by atoms with E-state index in [1.165, 1.54) is 0 Å². The van der Waals surface area contributed by atoms with Crippen molar-refractivity contribution in [3.8, 4) is 5.75 Å². The monoisotopic (exact) mass is 396 g/mol. The van der Waals surface area contributed by atoms with Crippen LogP contribution in [0.15, 0.2) is 48.5 Å². The number of ether oxygens (including phenoxy) is 1. The first kappa shape index (κ1) is 22.5. The molecule has 2 atom stereocenters. The van der Waals surface area contributed by atoms with Crippen molar-refractivity contribution in [1.29, 1.82) is 0 Å². The molecule has 5 heteroatoms. The van der Waals surface area contributed by atoms with E-state index in [1.54, 1.807) is 18.9 Å². The SMILES string of the molecule is CCC(C)NC(=O)C(C)N(Cc1ccc(C)cc1)C(=O)Cc1ccc(OC)cc1. The molecular weight excluding hydrogens is 364 g/mol. The minimum absolute atomic E-state index is 0.0721. The Balaban J connectivity index is 2.20. The molecule has 0 bridgehead atoms. The molecular formula is C24H32N2O3. The van der Waals surface area contributed by atoms with E-state index in [-0.39, 0.29) is 24.3 Å². The Bertz CT molecular complexity index is 800. The number of benzene rings is 2. The number of carbonyl (C=O) groups excluding carboxylic acids is 2. The van der Waals surface area contributed by atoms with Crippen LogP contribution in [-0.4, -0.2) is 35.9 Å². The van der Waals surface area contributed by atoms with Crippen molar-refractivity contribution in [2.24, 2.45) is 0 Å². The van der Waals surface area contributed by atoms with Crippen molar-refractivity contribution in [3.05, 3.63) is 65.2 Å². The Hall–Kier alpha value is -2.82. The second kappa shape index (κ2) is 10.6. The molecule has 2 rings (SSSR count). The van der Waals surface area contributed by atoms with Gasteiger partial charge in [-0.2, -0.15) is 0 Å². The van der Waals surface area contributed by atoms with Crippen molar-refractivity contribution >= 4 is 11.8 Å². The maximum Gasteiger partial charge on any atom is 0.242 e. The van der Waals surface area contributed by atoms with Gasteiger partial charge in [0, 0.05) is 12.6 Å². The Labute approximate surface area is 174 Å². The van der Waals surface area contributed by atoms with Crippen LogP contribution in [0.4, 0.5) is 0 Å². The van der Waals surface area contributed by atoms with Crippen molar-refractivity contribution < 1.29 is 14.3 Å². The van der Waals surface area contributed by atoms with Gasteiger partial charge in [0.25, 0.3) is 0 Å². The first-order valence-corrected chi connectivity index (χ1v) is 10.1. The lowest BCUT2D eigenvalue weighted by atomic mass is 10.1. The van der Waals surface area contributed by atoms with Crippen molar-refractivity contribution in [1.82, 2.24) is 10.2 Å². The highest BCUT2D eigenvalue weighted by Crippen LogP contribution is 2.16. The lowest BCUT2D eigenvalue weighted by Gasteiger charge is -2.30. The van der Waals surface area contributed by atoms with Gasteiger partial charge in [-0.15, -0.1) is 0 Å². The predicted octanol–water partition coefficient (Wildman–Crippen LogP) is 3.88. The number of nitrogens with one attached hydrogen (secondary N) is 1. The van der Waals surface area contributed by atoms with Gasteiger partial charge in [0.05, 0.1) is 13.5 Å². The minimum Gasteiger partial charge on any atom is -0.497 e. The molecule has 1 N–H and O–H groups in total. The van der Waals surface area contributed by atoms with E-state index in [2.05, 4.69) is 5.32 Å². The Morgan fingerprint density at radius 2 is 1.59 bits per heavy atom. The molecule has 2 amide bonds. The molecule has 0 fully saturated rings. The Morgan fingerprint density at radius 3 is 2.14 bits per heavy atom. The van der Waals surface area contributed by atoms with Gasteiger partial charge in [0.2, 0.25) is 11.8 Å². The molecule has 156 valence electrons. The summed E-state index contributed by atoms with van der Waals surface area (Å²) >= 11 is 0. The van der Waals surface area contributed by atoms with Gasteiger partial charge in [-0.3, -0.25) is 9.59 Å². The molecule has 0 aliphatic carbocycles. The summed E-state index contributed by atoms with van der Waals surface area (Å²) in [4.78, 5) is 27.5. The number of hydrogen-bond acceptors (Lipinski definition) is 3. The Kier molecular flexibility index (Phi) is 8.25. The fourth-order valence-corrected chi connectivity index (χ4v) is 2.96. The maximum absolute atomic E-state index is 13.2. The molecule has 2 aromatic rings. The molecule has 0 aliphatic rings. The molecule has 5 nitrogen and oxygen atoms in total. The van der Waals surface area contributed by atoms with Crippen LogP contribution >= 0.6 is 0 Å². The highest BCUT2D eigenvalue weighted by molar-refractivity contribution is 5.88. The van der Waals surface area contributed by atoms with Crippen molar-refractivity contribution in [2.45, 2.75) is 59.2 Å². The van der Waals surface area contributed by atoms with E-state index in [0.717, 1.165) is 28.9 Å². The van der Waals surface area contributed by atoms with Gasteiger partial charge < -0.3 is 15.0 Å². The molecule has 0 aliphatic heterocycles. The number of methoxy groups -OCH3 is 1. The normalized spacial score (nSPS) is 12.7. The van der Waals surface area contributed by atoms with Crippen LogP contribution in [-0.2, 0) is 22.6 Å². The standard InChI is InChI=1S/C24H32N2O3/c1-6-18(3)25-24(28)19(4)26(16-21-9-7-17(2)8-10-21)23(27)15-20-11-13-22(29-5)14-12-20/h7-14,18-19H,6,15-16H2,1-5H3,(H,25,28). The van der Waals surface area contributed by atoms with E-state index >= 15 is 0 Å². The third-order valence-corrected chi connectivity index (χ3v) is 5.16. The molecule has 0 saturated heterocycles. The second-order valence-electron chi connectivity index (χ2n) is 7.53. The summed E-state index contributed by atoms with van der Waals surface area (Å²) in [7, 11) is 1.61. The fraction of sp³-hybridized carbons (Fsp3) is 0.417. The summed E-state index contributed by atoms with van der Waals surface area (Å²) in [5.41, 5.74) is 3.05. The quantitative estimate of drug-likeness (QED) is 0.700. The van der Waals surface area contributed by atoms with Crippen LogP contribution in [0.1, 0.15) is 43.9 Å². The summed E-state index contributed by atoms with van der Waals surface area (Å²) in [5.74, 6) is 0.538. The number of carbonyl (C=O) groups is 2. The average Bonchev–Trinajstić information content (AvgIpc) is 2.73. The second-order valence-corrected chi connectivity index (χ2v) is 7.53. The van der Waals surface area contributed by atoms with E-state index in [9.17, 15) is 9.59 Å². The van der Waals surface area contributed by atoms with E-state index < -0.39 is 6.04 Å². The third kappa shape index (κ3) is 6.63. The van der Waals surface area contributed by atoms with Gasteiger partial charge in [-0.25, -0.2) is 0 Å². The Morgan fingerprint density at radius 1 is 1.00 bits per heavy atom. The highest BCUT2D eigenvalue weighted by atomic mass is 16.5. The first-order chi connectivity index (χ1) is 13.8. The zero-order valence-corrected chi connectivity index (χ0v) is 18.1. The largest absolute Gasteiger partial charge is 0.497 e. The fourth-order valence-electron chi connectivity index (χ4n) is 2.96. The van der Waals surface area contributed by atoms with E-state index in [0.29, 0.717) is 6.54 Å². The molecule has 0 heterocycles. The average molecular weight is 397 g/mol. The molecule has 2 unspecified atom stereocenters. The number of hydrogen-bond donors (Lipinski definition) is 1. The molecule has 2 aromatic carbocycles. The van der Waals surface area contributed by atoms with Gasteiger partial charge >= 0.3 is 0 Å². The predicted molar refractivity (Wildman–Crippen MR) is 116 cm³/mol. The zero-order chi connectivity index (χ0) is 21.4. The number of amides is 2. The highest BCUT2D eigenvalue weighted by Gasteiger charge is 2.26. The van der Waals surface area contributed by atoms with Crippen LogP contribution < -0.4 is 10.1 Å². The molecule has 0 spiro atoms. The third-order valence-electron chi connectivity index (χ3n) is 5.16. The smallest absolute Gasteiger partial charge is 0.242 e. The van der Waals surface area contributed by atoms with E-state index in [1.807, 2.05) is 69.3 Å². The number of rotatable bonds is 9. The lowest BCUT2D eigenvalue weighted by molar-refractivity contribution is -0.140. The topological polar surface area (TPSA) is 58.6 Å². The first-order valence-electron chi connectivity index (χ1n) is 10.1. The number of aryl methyl sites for hydroxylation is 1. The van der Waals surface area contributed by atoms with Crippen molar-refractivity contribution in [2.75, 3.05) is 7.11 Å². The van der Waals surface area contributed by atoms with Crippen LogP contribution in [0.3, 0.4) is 0 Å². The maximum atomic E-state index is 13.2. The number of nitrogens with zero attached hydrogens (tertiary/aromatic N) is 1. The zero-order valence-electron chi connectivity index (χ0n) is 18.1. The molecule has 29 heavy (non-hydrogen) atoms. The summed E-state index contributed by atoms with van der Waals surface area (Å²) < 4.78 is 5.18. The van der Waals surface area contributed by atoms with Gasteiger partial charge in [0.1, 0.15) is 11.8 Å². The van der Waals surface area contributed by atoms with Crippen LogP contribution in [0.2, 0.25) is 0 Å². The molecule has 0 saturated carbocycles. The van der Waals surface area contributed by atoms with Gasteiger partial charge in [-0.1, -0.05) is 48.9 Å². The summed E-state index contributed by atoms with van der Waals surface area (Å²) in [5, 5.41) is 2.99. The summed E-state index contributed by atoms with van der Waals surface area (Å²) in [6.07, 6.45) is 1.08. The van der Waals surface area contributed by atoms with Crippen LogP contribution in [0, 0.1) is 6.92 Å². The molecule has 0 aromatic heterocycles.